The van der Waals surface area contributed by atoms with Gasteiger partial charge in [0, 0.05) is 22.8 Å². The highest BCUT2D eigenvalue weighted by atomic mass is 16.5. The van der Waals surface area contributed by atoms with Crippen LogP contribution in [-0.4, -0.2) is 55.9 Å². The van der Waals surface area contributed by atoms with Gasteiger partial charge in [0.05, 0.1) is 46.4 Å². The summed E-state index contributed by atoms with van der Waals surface area (Å²) in [5.41, 5.74) is 3.66. The summed E-state index contributed by atoms with van der Waals surface area (Å²) in [6, 6.07) is 20.5. The molecule has 4 rings (SSSR count). The quantitative estimate of drug-likeness (QED) is 0.312. The molecule has 0 fully saturated rings. The van der Waals surface area contributed by atoms with E-state index in [1.54, 1.807) is 39.5 Å². The molecule has 192 valence electrons. The van der Waals surface area contributed by atoms with Gasteiger partial charge in [-0.3, -0.25) is 4.68 Å². The van der Waals surface area contributed by atoms with E-state index in [2.05, 4.69) is 0 Å². The zero-order chi connectivity index (χ0) is 26.4. The summed E-state index contributed by atoms with van der Waals surface area (Å²) in [6.07, 6.45) is 0. The molecular formula is C28H28N2O7. The van der Waals surface area contributed by atoms with Gasteiger partial charge in [-0.05, 0) is 36.4 Å². The Balaban J connectivity index is 1.90. The molecule has 0 saturated heterocycles. The van der Waals surface area contributed by atoms with Crippen LogP contribution >= 0.6 is 0 Å². The fourth-order valence-corrected chi connectivity index (χ4v) is 4.07. The second-order valence-corrected chi connectivity index (χ2v) is 7.97. The maximum atomic E-state index is 11.2. The molecular weight excluding hydrogens is 476 g/mol. The third kappa shape index (κ3) is 5.45. The van der Waals surface area contributed by atoms with E-state index in [0.717, 1.165) is 22.6 Å². The molecule has 0 aliphatic carbocycles. The van der Waals surface area contributed by atoms with Crippen molar-refractivity contribution in [1.82, 2.24) is 9.78 Å². The lowest BCUT2D eigenvalue weighted by atomic mass is 10.1. The van der Waals surface area contributed by atoms with Gasteiger partial charge in [0.25, 0.3) is 0 Å². The van der Waals surface area contributed by atoms with Gasteiger partial charge in [-0.2, -0.15) is 5.10 Å². The van der Waals surface area contributed by atoms with Crippen molar-refractivity contribution >= 4 is 5.97 Å². The van der Waals surface area contributed by atoms with Crippen LogP contribution in [0, 0.1) is 0 Å². The summed E-state index contributed by atoms with van der Waals surface area (Å²) in [6.45, 7) is -0.0974. The number of para-hydroxylation sites is 2. The fraction of sp³-hybridized carbons (Fsp3) is 0.214. The Morgan fingerprint density at radius 1 is 0.811 bits per heavy atom. The summed E-state index contributed by atoms with van der Waals surface area (Å²) in [7, 11) is 6.33. The molecule has 1 heterocycles. The second kappa shape index (κ2) is 11.4. The van der Waals surface area contributed by atoms with Crippen LogP contribution in [-0.2, 0) is 11.3 Å². The molecule has 9 heteroatoms. The lowest BCUT2D eigenvalue weighted by Gasteiger charge is -2.15. The standard InChI is InChI=1S/C28H28N2O7/c1-33-19-12-13-20(26(14-19)37-17-27(31)32)22-15-23(21-9-7-11-25(35-3)28(21)36-4)30(29-22)16-18-8-5-6-10-24(18)34-2/h5-15H,16-17H2,1-4H3,(H,31,32). The highest BCUT2D eigenvalue weighted by molar-refractivity contribution is 5.78. The van der Waals surface area contributed by atoms with Crippen LogP contribution in [0.25, 0.3) is 22.5 Å². The van der Waals surface area contributed by atoms with Crippen molar-refractivity contribution < 1.29 is 33.6 Å². The fourth-order valence-electron chi connectivity index (χ4n) is 4.07. The van der Waals surface area contributed by atoms with Gasteiger partial charge in [-0.15, -0.1) is 0 Å². The molecule has 0 aliphatic rings. The van der Waals surface area contributed by atoms with Crippen molar-refractivity contribution in [3.63, 3.8) is 0 Å². The second-order valence-electron chi connectivity index (χ2n) is 7.97. The molecule has 0 amide bonds. The zero-order valence-electron chi connectivity index (χ0n) is 21.1. The van der Waals surface area contributed by atoms with Crippen LogP contribution in [0.3, 0.4) is 0 Å². The number of nitrogens with zero attached hydrogens (tertiary/aromatic N) is 2. The van der Waals surface area contributed by atoms with E-state index in [0.29, 0.717) is 40.8 Å². The van der Waals surface area contributed by atoms with Crippen LogP contribution in [0.2, 0.25) is 0 Å². The third-order valence-electron chi connectivity index (χ3n) is 5.79. The minimum absolute atomic E-state index is 0.341. The summed E-state index contributed by atoms with van der Waals surface area (Å²) in [5.74, 6) is 1.67. The number of methoxy groups -OCH3 is 4. The number of hydrogen-bond donors (Lipinski definition) is 1. The number of benzene rings is 3. The van der Waals surface area contributed by atoms with E-state index in [4.69, 9.17) is 33.9 Å². The minimum Gasteiger partial charge on any atom is -0.497 e. The molecule has 3 aromatic carbocycles. The maximum absolute atomic E-state index is 11.2. The molecule has 9 nitrogen and oxygen atoms in total. The summed E-state index contributed by atoms with van der Waals surface area (Å²) in [4.78, 5) is 11.2. The zero-order valence-corrected chi connectivity index (χ0v) is 21.1. The first-order chi connectivity index (χ1) is 18.0. The number of carboxylic acid groups (broad SMARTS) is 1. The average Bonchev–Trinajstić information content (AvgIpc) is 3.34. The van der Waals surface area contributed by atoms with Crippen molar-refractivity contribution in [2.75, 3.05) is 35.0 Å². The smallest absolute Gasteiger partial charge is 0.341 e. The molecule has 0 bridgehead atoms. The predicted molar refractivity (Wildman–Crippen MR) is 138 cm³/mol. The van der Waals surface area contributed by atoms with E-state index in [9.17, 15) is 4.79 Å². The van der Waals surface area contributed by atoms with Crippen molar-refractivity contribution in [1.29, 1.82) is 0 Å². The number of carbonyl (C=O) groups is 1. The maximum Gasteiger partial charge on any atom is 0.341 e. The Hall–Kier alpha value is -4.66. The van der Waals surface area contributed by atoms with Crippen LogP contribution in [0.1, 0.15) is 5.56 Å². The first-order valence-corrected chi connectivity index (χ1v) is 11.4. The minimum atomic E-state index is -1.09. The van der Waals surface area contributed by atoms with E-state index in [1.165, 1.54) is 7.11 Å². The van der Waals surface area contributed by atoms with Gasteiger partial charge in [0.2, 0.25) is 0 Å². The summed E-state index contributed by atoms with van der Waals surface area (Å²) >= 11 is 0. The third-order valence-corrected chi connectivity index (χ3v) is 5.79. The SMILES string of the molecule is COc1ccc(-c2cc(-c3cccc(OC)c3OC)n(Cc3ccccc3OC)n2)c(OCC(=O)O)c1. The Morgan fingerprint density at radius 3 is 2.27 bits per heavy atom. The Labute approximate surface area is 214 Å². The topological polar surface area (TPSA) is 101 Å². The van der Waals surface area contributed by atoms with Crippen molar-refractivity contribution in [2.45, 2.75) is 6.54 Å². The lowest BCUT2D eigenvalue weighted by molar-refractivity contribution is -0.139. The molecule has 0 unspecified atom stereocenters. The van der Waals surface area contributed by atoms with Crippen molar-refractivity contribution in [3.05, 3.63) is 72.3 Å². The van der Waals surface area contributed by atoms with Gasteiger partial charge in [-0.1, -0.05) is 24.3 Å². The van der Waals surface area contributed by atoms with Crippen LogP contribution in [0.15, 0.2) is 66.7 Å². The van der Waals surface area contributed by atoms with Crippen molar-refractivity contribution in [2.24, 2.45) is 0 Å². The van der Waals surface area contributed by atoms with Crippen LogP contribution in [0.5, 0.6) is 28.7 Å². The van der Waals surface area contributed by atoms with Gasteiger partial charge in [0.1, 0.15) is 17.2 Å². The molecule has 1 aromatic heterocycles. The first-order valence-electron chi connectivity index (χ1n) is 11.4. The predicted octanol–water partition coefficient (Wildman–Crippen LogP) is 4.76. The van der Waals surface area contributed by atoms with Crippen molar-refractivity contribution in [3.8, 4) is 51.3 Å². The Kier molecular flexibility index (Phi) is 7.83. The lowest BCUT2D eigenvalue weighted by Crippen LogP contribution is -2.10. The van der Waals surface area contributed by atoms with Gasteiger partial charge in [0.15, 0.2) is 18.1 Å². The van der Waals surface area contributed by atoms with Gasteiger partial charge in [-0.25, -0.2) is 4.79 Å². The molecule has 0 saturated carbocycles. The average molecular weight is 505 g/mol. The van der Waals surface area contributed by atoms with Crippen LogP contribution < -0.4 is 23.7 Å². The highest BCUT2D eigenvalue weighted by Crippen LogP contribution is 2.41. The number of aliphatic carboxylic acids is 1. The monoisotopic (exact) mass is 504 g/mol. The molecule has 1 N–H and O–H groups in total. The number of aromatic nitrogens is 2. The van der Waals surface area contributed by atoms with E-state index >= 15 is 0 Å². The normalized spacial score (nSPS) is 10.6. The molecule has 0 radical (unpaired) electrons. The number of hydrogen-bond acceptors (Lipinski definition) is 7. The van der Waals surface area contributed by atoms with Crippen LogP contribution in [0.4, 0.5) is 0 Å². The number of ether oxygens (including phenoxy) is 5. The molecule has 0 aliphatic heterocycles. The molecule has 0 atom stereocenters. The largest absolute Gasteiger partial charge is 0.497 e. The Bertz CT molecular complexity index is 1400. The molecule has 0 spiro atoms. The summed E-state index contributed by atoms with van der Waals surface area (Å²) in [5, 5.41) is 14.1. The Morgan fingerprint density at radius 2 is 1.57 bits per heavy atom. The number of carboxylic acids is 1. The molecule has 37 heavy (non-hydrogen) atoms. The molecule has 4 aromatic rings. The van der Waals surface area contributed by atoms with Gasteiger partial charge >= 0.3 is 5.97 Å². The van der Waals surface area contributed by atoms with Gasteiger partial charge < -0.3 is 28.8 Å². The van der Waals surface area contributed by atoms with E-state index in [1.807, 2.05) is 53.2 Å². The highest BCUT2D eigenvalue weighted by Gasteiger charge is 2.21. The van der Waals surface area contributed by atoms with E-state index in [-0.39, 0.29) is 0 Å². The summed E-state index contributed by atoms with van der Waals surface area (Å²) < 4.78 is 29.5. The van der Waals surface area contributed by atoms with E-state index < -0.39 is 12.6 Å². The first kappa shape index (κ1) is 25.4. The number of rotatable bonds is 11.